The molecular formula is C19H26O5. The van der Waals surface area contributed by atoms with Crippen LogP contribution in [-0.4, -0.2) is 42.1 Å². The van der Waals surface area contributed by atoms with E-state index in [2.05, 4.69) is 0 Å². The van der Waals surface area contributed by atoms with Crippen LogP contribution in [0.5, 0.6) is 5.75 Å². The van der Waals surface area contributed by atoms with Crippen molar-refractivity contribution in [2.24, 2.45) is 5.92 Å². The number of allylic oxidation sites excluding steroid dienone is 2. The van der Waals surface area contributed by atoms with Gasteiger partial charge in [0.25, 0.3) is 0 Å². The highest BCUT2D eigenvalue weighted by molar-refractivity contribution is 5.94. The molecule has 24 heavy (non-hydrogen) atoms. The van der Waals surface area contributed by atoms with Gasteiger partial charge in [0, 0.05) is 26.6 Å². The summed E-state index contributed by atoms with van der Waals surface area (Å²) in [6.45, 7) is 2.42. The molecule has 1 aromatic carbocycles. The fourth-order valence-corrected chi connectivity index (χ4v) is 2.86. The first-order valence-corrected chi connectivity index (χ1v) is 8.36. The van der Waals surface area contributed by atoms with Crippen molar-refractivity contribution in [2.45, 2.75) is 44.8 Å². The van der Waals surface area contributed by atoms with E-state index in [9.17, 15) is 15.0 Å². The van der Waals surface area contributed by atoms with Crippen LogP contribution in [0.3, 0.4) is 0 Å². The summed E-state index contributed by atoms with van der Waals surface area (Å²) in [5.41, 5.74) is 0.934. The Hall–Kier alpha value is -1.85. The van der Waals surface area contributed by atoms with E-state index in [-0.39, 0.29) is 17.2 Å². The van der Waals surface area contributed by atoms with Crippen LogP contribution in [0.1, 0.15) is 42.1 Å². The maximum atomic E-state index is 12.6. The van der Waals surface area contributed by atoms with Crippen LogP contribution in [-0.2, 0) is 15.9 Å². The summed E-state index contributed by atoms with van der Waals surface area (Å²) in [4.78, 5) is 12.6. The number of methoxy groups -OCH3 is 1. The Morgan fingerprint density at radius 2 is 2.12 bits per heavy atom. The Balaban J connectivity index is 2.31. The number of phenols is 1. The Bertz CT molecular complexity index is 581. The van der Waals surface area contributed by atoms with Gasteiger partial charge < -0.3 is 19.7 Å². The van der Waals surface area contributed by atoms with E-state index in [4.69, 9.17) is 9.47 Å². The Kier molecular flexibility index (Phi) is 6.82. The van der Waals surface area contributed by atoms with Crippen LogP contribution in [0.4, 0.5) is 0 Å². The van der Waals surface area contributed by atoms with E-state index in [0.717, 1.165) is 12.0 Å². The molecule has 3 atom stereocenters. The molecule has 0 radical (unpaired) electrons. The number of esters is 1. The van der Waals surface area contributed by atoms with Crippen molar-refractivity contribution in [3.05, 3.63) is 41.5 Å². The number of phenolic OH excluding ortho intramolecular Hbond substituents is 1. The summed E-state index contributed by atoms with van der Waals surface area (Å²) < 4.78 is 10.7. The highest BCUT2D eigenvalue weighted by atomic mass is 16.5. The van der Waals surface area contributed by atoms with Crippen LogP contribution >= 0.6 is 0 Å². The molecule has 0 saturated heterocycles. The van der Waals surface area contributed by atoms with E-state index in [1.807, 2.05) is 25.1 Å². The highest BCUT2D eigenvalue weighted by Gasteiger charge is 2.25. The number of hydrogen-bond donors (Lipinski definition) is 2. The predicted molar refractivity (Wildman–Crippen MR) is 91.1 cm³/mol. The maximum Gasteiger partial charge on any atom is 0.342 e. The van der Waals surface area contributed by atoms with Gasteiger partial charge in [0.05, 0.1) is 6.10 Å². The van der Waals surface area contributed by atoms with Crippen LogP contribution in [0.25, 0.3) is 0 Å². The van der Waals surface area contributed by atoms with Gasteiger partial charge in [0.2, 0.25) is 0 Å². The third kappa shape index (κ3) is 4.82. The minimum atomic E-state index is -0.562. The molecule has 5 heteroatoms. The highest BCUT2D eigenvalue weighted by Crippen LogP contribution is 2.26. The SMILES string of the molecule is COCCC1CC(O)C(C)C/C=C/Cc2cccc(O)c2C(=O)O1. The number of aliphatic hydroxyl groups excluding tert-OH is 1. The van der Waals surface area contributed by atoms with Crippen molar-refractivity contribution in [3.8, 4) is 5.75 Å². The number of carbonyl (C=O) groups excluding carboxylic acids is 1. The van der Waals surface area contributed by atoms with Crippen molar-refractivity contribution in [2.75, 3.05) is 13.7 Å². The normalized spacial score (nSPS) is 26.6. The predicted octanol–water partition coefficient (Wildman–Crippen LogP) is 2.84. The van der Waals surface area contributed by atoms with Gasteiger partial charge in [-0.15, -0.1) is 0 Å². The minimum Gasteiger partial charge on any atom is -0.507 e. The van der Waals surface area contributed by atoms with Crippen molar-refractivity contribution in [1.29, 1.82) is 0 Å². The molecule has 0 saturated carbocycles. The number of benzene rings is 1. The molecule has 5 nitrogen and oxygen atoms in total. The van der Waals surface area contributed by atoms with Gasteiger partial charge in [-0.3, -0.25) is 0 Å². The summed E-state index contributed by atoms with van der Waals surface area (Å²) in [7, 11) is 1.59. The fourth-order valence-electron chi connectivity index (χ4n) is 2.86. The number of ether oxygens (including phenoxy) is 2. The maximum absolute atomic E-state index is 12.6. The number of cyclic esters (lactones) is 1. The van der Waals surface area contributed by atoms with Crippen molar-refractivity contribution < 1.29 is 24.5 Å². The van der Waals surface area contributed by atoms with Crippen molar-refractivity contribution in [1.82, 2.24) is 0 Å². The topological polar surface area (TPSA) is 76.0 Å². The van der Waals surface area contributed by atoms with E-state index in [1.165, 1.54) is 6.07 Å². The number of fused-ring (bicyclic) bond motifs is 1. The molecule has 1 aliphatic heterocycles. The molecule has 0 bridgehead atoms. The molecular weight excluding hydrogens is 308 g/mol. The fraction of sp³-hybridized carbons (Fsp3) is 0.526. The Morgan fingerprint density at radius 1 is 1.33 bits per heavy atom. The summed E-state index contributed by atoms with van der Waals surface area (Å²) in [5, 5.41) is 20.4. The van der Waals surface area contributed by atoms with Gasteiger partial charge in [-0.05, 0) is 30.4 Å². The third-order valence-electron chi connectivity index (χ3n) is 4.42. The lowest BCUT2D eigenvalue weighted by molar-refractivity contribution is -0.00343. The molecule has 0 aromatic heterocycles. The van der Waals surface area contributed by atoms with Crippen LogP contribution in [0.15, 0.2) is 30.4 Å². The van der Waals surface area contributed by atoms with Crippen molar-refractivity contribution in [3.63, 3.8) is 0 Å². The lowest BCUT2D eigenvalue weighted by atomic mass is 9.94. The molecule has 3 unspecified atom stereocenters. The van der Waals surface area contributed by atoms with Gasteiger partial charge in [0.1, 0.15) is 17.4 Å². The molecule has 0 amide bonds. The summed E-state index contributed by atoms with van der Waals surface area (Å²) in [6, 6.07) is 5.02. The quantitative estimate of drug-likeness (QED) is 0.657. The van der Waals surface area contributed by atoms with Crippen molar-refractivity contribution >= 4 is 5.97 Å². The smallest absolute Gasteiger partial charge is 0.342 e. The third-order valence-corrected chi connectivity index (χ3v) is 4.42. The standard InChI is InChI=1S/C19H26O5/c1-13-6-3-4-7-14-8-5-9-16(20)18(14)19(22)24-15(10-11-23-2)12-17(13)21/h3-5,8-9,13,15,17,20-21H,6-7,10-12H2,1-2H3/b4-3+. The van der Waals surface area contributed by atoms with E-state index in [1.54, 1.807) is 13.2 Å². The molecule has 0 spiro atoms. The molecule has 1 aliphatic rings. The van der Waals surface area contributed by atoms with Crippen LogP contribution in [0, 0.1) is 5.92 Å². The number of aromatic hydroxyl groups is 1. The largest absolute Gasteiger partial charge is 0.507 e. The number of carbonyl (C=O) groups is 1. The van der Waals surface area contributed by atoms with E-state index >= 15 is 0 Å². The summed E-state index contributed by atoms with van der Waals surface area (Å²) >= 11 is 0. The van der Waals surface area contributed by atoms with Gasteiger partial charge >= 0.3 is 5.97 Å². The molecule has 1 heterocycles. The average Bonchev–Trinajstić information content (AvgIpc) is 2.55. The zero-order valence-corrected chi connectivity index (χ0v) is 14.3. The zero-order valence-electron chi connectivity index (χ0n) is 14.3. The molecule has 2 rings (SSSR count). The Morgan fingerprint density at radius 3 is 2.88 bits per heavy atom. The van der Waals surface area contributed by atoms with Gasteiger partial charge in [-0.1, -0.05) is 31.2 Å². The average molecular weight is 334 g/mol. The summed E-state index contributed by atoms with van der Waals surface area (Å²) in [5.74, 6) is -0.562. The minimum absolute atomic E-state index is 0.0769. The van der Waals surface area contributed by atoms with E-state index < -0.39 is 18.2 Å². The first-order valence-electron chi connectivity index (χ1n) is 8.36. The number of rotatable bonds is 3. The van der Waals surface area contributed by atoms with E-state index in [0.29, 0.717) is 25.9 Å². The first kappa shape index (κ1) is 18.5. The first-order chi connectivity index (χ1) is 11.5. The van der Waals surface area contributed by atoms with Gasteiger partial charge in [-0.2, -0.15) is 0 Å². The molecule has 132 valence electrons. The molecule has 1 aromatic rings. The van der Waals surface area contributed by atoms with Gasteiger partial charge in [-0.25, -0.2) is 4.79 Å². The Labute approximate surface area is 142 Å². The number of hydrogen-bond acceptors (Lipinski definition) is 5. The lowest BCUT2D eigenvalue weighted by Crippen LogP contribution is -2.29. The lowest BCUT2D eigenvalue weighted by Gasteiger charge is -2.25. The molecule has 2 N–H and O–H groups in total. The molecule has 0 fully saturated rings. The second-order valence-corrected chi connectivity index (χ2v) is 6.31. The second kappa shape index (κ2) is 8.85. The number of aliphatic hydroxyl groups is 1. The molecule has 0 aliphatic carbocycles. The van der Waals surface area contributed by atoms with Gasteiger partial charge in [0.15, 0.2) is 0 Å². The monoisotopic (exact) mass is 334 g/mol. The second-order valence-electron chi connectivity index (χ2n) is 6.31. The van der Waals surface area contributed by atoms with Crippen LogP contribution < -0.4 is 0 Å². The summed E-state index contributed by atoms with van der Waals surface area (Å²) in [6.07, 6.45) is 5.10. The zero-order chi connectivity index (χ0) is 17.5. The van der Waals surface area contributed by atoms with Crippen LogP contribution in [0.2, 0.25) is 0 Å².